The smallest absolute Gasteiger partial charge is 0.0496 e. The van der Waals surface area contributed by atoms with Gasteiger partial charge in [-0.15, -0.1) is 0 Å². The van der Waals surface area contributed by atoms with Gasteiger partial charge in [-0.1, -0.05) is 42.5 Å². The molecule has 0 radical (unpaired) electrons. The first-order valence-corrected chi connectivity index (χ1v) is 9.00. The molecule has 6 rings (SSSR count). The maximum atomic E-state index is 2.36. The molecule has 2 heteroatoms. The van der Waals surface area contributed by atoms with Gasteiger partial charge in [0.25, 0.3) is 0 Å². The Morgan fingerprint density at radius 1 is 0.462 bits per heavy atom. The third kappa shape index (κ3) is 1.62. The van der Waals surface area contributed by atoms with Crippen LogP contribution in [-0.2, 0) is 14.1 Å². The maximum absolute atomic E-state index is 2.36. The lowest BCUT2D eigenvalue weighted by molar-refractivity contribution is 1.01. The molecular formula is C24H18N2. The van der Waals surface area contributed by atoms with E-state index in [2.05, 4.69) is 96.0 Å². The Bertz CT molecular complexity index is 1500. The first kappa shape index (κ1) is 14.0. The molecule has 26 heavy (non-hydrogen) atoms. The van der Waals surface area contributed by atoms with E-state index in [-0.39, 0.29) is 0 Å². The molecular weight excluding hydrogens is 316 g/mol. The predicted molar refractivity (Wildman–Crippen MR) is 112 cm³/mol. The van der Waals surface area contributed by atoms with Crippen LogP contribution < -0.4 is 0 Å². The molecule has 0 fully saturated rings. The van der Waals surface area contributed by atoms with E-state index in [1.165, 1.54) is 54.4 Å². The molecule has 0 saturated carbocycles. The number of fused-ring (bicyclic) bond motifs is 7. The van der Waals surface area contributed by atoms with Crippen LogP contribution in [0.1, 0.15) is 0 Å². The number of aryl methyl sites for hydroxylation is 2. The van der Waals surface area contributed by atoms with E-state index in [0.717, 1.165) is 0 Å². The van der Waals surface area contributed by atoms with E-state index in [4.69, 9.17) is 0 Å². The molecule has 0 aliphatic rings. The van der Waals surface area contributed by atoms with Crippen LogP contribution in [0.5, 0.6) is 0 Å². The van der Waals surface area contributed by atoms with E-state index >= 15 is 0 Å². The van der Waals surface area contributed by atoms with E-state index in [1.54, 1.807) is 0 Å². The summed E-state index contributed by atoms with van der Waals surface area (Å²) in [6.45, 7) is 0. The standard InChI is InChI=1S/C24H18N2/c1-25-21-10-6-5-9-17(21)19-13-24-20(14-23(19)25)18-11-15-7-3-4-8-16(15)12-22(18)26(24)2/h3-14H,1-2H3. The number of benzene rings is 4. The second kappa shape index (κ2) is 4.67. The lowest BCUT2D eigenvalue weighted by Crippen LogP contribution is -1.87. The molecule has 0 aliphatic heterocycles. The predicted octanol–water partition coefficient (Wildman–Crippen LogP) is 6.13. The lowest BCUT2D eigenvalue weighted by Gasteiger charge is -2.00. The van der Waals surface area contributed by atoms with Crippen LogP contribution in [0.15, 0.2) is 72.8 Å². The van der Waals surface area contributed by atoms with Crippen LogP contribution in [0.25, 0.3) is 54.4 Å². The molecule has 6 aromatic rings. The van der Waals surface area contributed by atoms with E-state index in [1.807, 2.05) is 0 Å². The minimum atomic E-state index is 1.28. The van der Waals surface area contributed by atoms with Crippen LogP contribution in [0, 0.1) is 0 Å². The van der Waals surface area contributed by atoms with Gasteiger partial charge in [0, 0.05) is 57.7 Å². The Hall–Kier alpha value is -3.26. The highest BCUT2D eigenvalue weighted by Gasteiger charge is 2.14. The number of hydrogen-bond acceptors (Lipinski definition) is 0. The molecule has 0 unspecified atom stereocenters. The summed E-state index contributed by atoms with van der Waals surface area (Å²) in [6.07, 6.45) is 0. The fourth-order valence-electron chi connectivity index (χ4n) is 4.54. The van der Waals surface area contributed by atoms with E-state index in [9.17, 15) is 0 Å². The van der Waals surface area contributed by atoms with Crippen LogP contribution in [-0.4, -0.2) is 9.13 Å². The lowest BCUT2D eigenvalue weighted by atomic mass is 10.1. The Balaban J connectivity index is 1.87. The Morgan fingerprint density at radius 3 is 1.73 bits per heavy atom. The van der Waals surface area contributed by atoms with Crippen molar-refractivity contribution >= 4 is 54.4 Å². The van der Waals surface area contributed by atoms with Gasteiger partial charge >= 0.3 is 0 Å². The van der Waals surface area contributed by atoms with Crippen molar-refractivity contribution in [2.24, 2.45) is 14.1 Å². The number of rotatable bonds is 0. The largest absolute Gasteiger partial charge is 0.344 e. The average molecular weight is 334 g/mol. The zero-order chi connectivity index (χ0) is 17.4. The van der Waals surface area contributed by atoms with Crippen molar-refractivity contribution in [2.45, 2.75) is 0 Å². The summed E-state index contributed by atoms with van der Waals surface area (Å²) in [5.74, 6) is 0. The Kier molecular flexibility index (Phi) is 2.51. The van der Waals surface area contributed by atoms with Gasteiger partial charge in [0.1, 0.15) is 0 Å². The summed E-state index contributed by atoms with van der Waals surface area (Å²) >= 11 is 0. The number of hydrogen-bond donors (Lipinski definition) is 0. The third-order valence-corrected chi connectivity index (χ3v) is 5.91. The highest BCUT2D eigenvalue weighted by atomic mass is 15.0. The van der Waals surface area contributed by atoms with Crippen molar-refractivity contribution in [2.75, 3.05) is 0 Å². The zero-order valence-electron chi connectivity index (χ0n) is 14.8. The van der Waals surface area contributed by atoms with Crippen LogP contribution in [0.3, 0.4) is 0 Å². The van der Waals surface area contributed by atoms with Crippen molar-refractivity contribution in [1.29, 1.82) is 0 Å². The Morgan fingerprint density at radius 2 is 0.962 bits per heavy atom. The molecule has 0 bridgehead atoms. The molecule has 4 aromatic carbocycles. The number of nitrogens with zero attached hydrogens (tertiary/aromatic N) is 2. The third-order valence-electron chi connectivity index (χ3n) is 5.91. The second-order valence-corrected chi connectivity index (χ2v) is 7.24. The minimum absolute atomic E-state index is 1.28. The summed E-state index contributed by atoms with van der Waals surface area (Å²) in [4.78, 5) is 0. The first-order chi connectivity index (χ1) is 12.7. The van der Waals surface area contributed by atoms with Crippen LogP contribution in [0.2, 0.25) is 0 Å². The highest BCUT2D eigenvalue weighted by molar-refractivity contribution is 6.19. The van der Waals surface area contributed by atoms with Crippen molar-refractivity contribution in [1.82, 2.24) is 9.13 Å². The average Bonchev–Trinajstić information content (AvgIpc) is 3.12. The fraction of sp³-hybridized carbons (Fsp3) is 0.0833. The molecule has 0 spiro atoms. The van der Waals surface area contributed by atoms with Crippen molar-refractivity contribution in [3.63, 3.8) is 0 Å². The molecule has 0 saturated heterocycles. The molecule has 2 aromatic heterocycles. The van der Waals surface area contributed by atoms with Gasteiger partial charge in [-0.2, -0.15) is 0 Å². The summed E-state index contributed by atoms with van der Waals surface area (Å²) in [7, 11) is 4.34. The Labute approximate surface area is 150 Å². The molecule has 0 N–H and O–H groups in total. The quantitative estimate of drug-likeness (QED) is 0.316. The monoisotopic (exact) mass is 334 g/mol. The number of aromatic nitrogens is 2. The van der Waals surface area contributed by atoms with Gasteiger partial charge in [-0.3, -0.25) is 0 Å². The van der Waals surface area contributed by atoms with Gasteiger partial charge < -0.3 is 9.13 Å². The highest BCUT2D eigenvalue weighted by Crippen LogP contribution is 2.37. The van der Waals surface area contributed by atoms with Crippen molar-refractivity contribution in [3.05, 3.63) is 72.8 Å². The summed E-state index contributed by atoms with van der Waals surface area (Å²) < 4.78 is 4.64. The summed E-state index contributed by atoms with van der Waals surface area (Å²) in [5, 5.41) is 7.89. The van der Waals surface area contributed by atoms with Gasteiger partial charge in [-0.05, 0) is 41.1 Å². The van der Waals surface area contributed by atoms with Crippen molar-refractivity contribution in [3.8, 4) is 0 Å². The topological polar surface area (TPSA) is 9.86 Å². The van der Waals surface area contributed by atoms with Gasteiger partial charge in [0.15, 0.2) is 0 Å². The normalized spacial score (nSPS) is 12.2. The van der Waals surface area contributed by atoms with Crippen molar-refractivity contribution < 1.29 is 0 Å². The van der Waals surface area contributed by atoms with E-state index in [0.29, 0.717) is 0 Å². The van der Waals surface area contributed by atoms with Gasteiger partial charge in [-0.25, -0.2) is 0 Å². The van der Waals surface area contributed by atoms with E-state index < -0.39 is 0 Å². The maximum Gasteiger partial charge on any atom is 0.0496 e. The zero-order valence-corrected chi connectivity index (χ0v) is 14.8. The van der Waals surface area contributed by atoms with Crippen LogP contribution >= 0.6 is 0 Å². The summed E-state index contributed by atoms with van der Waals surface area (Å²) in [5.41, 5.74) is 5.16. The minimum Gasteiger partial charge on any atom is -0.344 e. The molecule has 0 atom stereocenters. The fourth-order valence-corrected chi connectivity index (χ4v) is 4.54. The molecule has 2 heterocycles. The SMILES string of the molecule is Cn1c2ccccc2c2cc3c(cc21)c1cc2ccccc2cc1n3C. The van der Waals surface area contributed by atoms with Gasteiger partial charge in [0.05, 0.1) is 0 Å². The molecule has 0 amide bonds. The molecule has 0 aliphatic carbocycles. The number of para-hydroxylation sites is 1. The van der Waals surface area contributed by atoms with Gasteiger partial charge in [0.2, 0.25) is 0 Å². The molecule has 124 valence electrons. The molecule has 2 nitrogen and oxygen atoms in total. The second-order valence-electron chi connectivity index (χ2n) is 7.24. The first-order valence-electron chi connectivity index (χ1n) is 9.00. The van der Waals surface area contributed by atoms with Crippen LogP contribution in [0.4, 0.5) is 0 Å². The summed E-state index contributed by atoms with van der Waals surface area (Å²) in [6, 6.07) is 26.6.